The maximum atomic E-state index is 10.7. The number of nitrogens with zero attached hydrogens (tertiary/aromatic N) is 2. The summed E-state index contributed by atoms with van der Waals surface area (Å²) in [5.41, 5.74) is -0.759. The summed E-state index contributed by atoms with van der Waals surface area (Å²) in [4.78, 5) is 4.31. The Hall–Kier alpha value is -0.860. The van der Waals surface area contributed by atoms with Gasteiger partial charge in [-0.3, -0.25) is 4.55 Å². The Balaban J connectivity index is 5.18. The van der Waals surface area contributed by atoms with Crippen LogP contribution in [0.4, 0.5) is 0 Å². The van der Waals surface area contributed by atoms with Crippen molar-refractivity contribution in [3.05, 3.63) is 0 Å². The monoisotopic (exact) mass is 281 g/mol. The zero-order chi connectivity index (χ0) is 14.8. The third-order valence-electron chi connectivity index (χ3n) is 1.43. The van der Waals surface area contributed by atoms with E-state index in [4.69, 9.17) is 4.55 Å². The molecule has 0 spiro atoms. The Morgan fingerprint density at radius 3 is 1.94 bits per heavy atom. The lowest BCUT2D eigenvalue weighted by molar-refractivity contribution is 0.0335. The van der Waals surface area contributed by atoms with Crippen molar-refractivity contribution in [3.63, 3.8) is 0 Å². The van der Waals surface area contributed by atoms with E-state index in [1.54, 1.807) is 0 Å². The molecule has 0 bridgehead atoms. The van der Waals surface area contributed by atoms with Crippen LogP contribution in [-0.4, -0.2) is 42.1 Å². The van der Waals surface area contributed by atoms with E-state index in [0.29, 0.717) is 0 Å². The first-order valence-electron chi connectivity index (χ1n) is 5.48. The fourth-order valence-electron chi connectivity index (χ4n) is 1.01. The van der Waals surface area contributed by atoms with Gasteiger partial charge in [0.25, 0.3) is 0 Å². The van der Waals surface area contributed by atoms with Gasteiger partial charge in [-0.25, -0.2) is 10.1 Å². The Labute approximate surface area is 109 Å². The molecule has 0 atom stereocenters. The van der Waals surface area contributed by atoms with Crippen molar-refractivity contribution in [2.45, 2.75) is 52.6 Å². The van der Waals surface area contributed by atoms with Crippen LogP contribution in [0.2, 0.25) is 0 Å². The number of rotatable bonds is 2. The molecule has 7 nitrogen and oxygen atoms in total. The summed E-state index contributed by atoms with van der Waals surface area (Å²) in [6.45, 7) is 11.3. The summed E-state index contributed by atoms with van der Waals surface area (Å²) in [6, 6.07) is 0. The van der Waals surface area contributed by atoms with Gasteiger partial charge in [-0.1, -0.05) is 0 Å². The van der Waals surface area contributed by atoms with Gasteiger partial charge in [-0.15, -0.1) is 4.28 Å². The first-order chi connectivity index (χ1) is 7.70. The Kier molecular flexibility index (Phi) is 5.16. The molecule has 18 heavy (non-hydrogen) atoms. The van der Waals surface area contributed by atoms with E-state index in [1.807, 2.05) is 41.5 Å². The lowest BCUT2D eigenvalue weighted by atomic mass is 10.1. The van der Waals surface area contributed by atoms with Crippen molar-refractivity contribution < 1.29 is 17.3 Å². The predicted octanol–water partition coefficient (Wildman–Crippen LogP) is 1.20. The molecule has 0 aromatic rings. The van der Waals surface area contributed by atoms with Crippen LogP contribution < -0.4 is 5.32 Å². The van der Waals surface area contributed by atoms with E-state index in [9.17, 15) is 8.42 Å². The topological polar surface area (TPSA) is 91.2 Å². The molecular formula is C10H23N3O4S. The minimum atomic E-state index is -4.57. The van der Waals surface area contributed by atoms with Crippen LogP contribution in [0.1, 0.15) is 41.5 Å². The zero-order valence-electron chi connectivity index (χ0n) is 12.0. The molecule has 0 heterocycles. The van der Waals surface area contributed by atoms with E-state index >= 15 is 0 Å². The average molecular weight is 281 g/mol. The first-order valence-corrected chi connectivity index (χ1v) is 6.85. The quantitative estimate of drug-likeness (QED) is 0.342. The van der Waals surface area contributed by atoms with Gasteiger partial charge < -0.3 is 5.32 Å². The molecule has 0 amide bonds. The molecule has 2 N–H and O–H groups in total. The number of hydroxylamine groups is 2. The molecule has 0 aliphatic rings. The third kappa shape index (κ3) is 9.20. The normalized spacial score (nSPS) is 14.6. The van der Waals surface area contributed by atoms with Gasteiger partial charge in [-0.05, 0) is 41.5 Å². The summed E-state index contributed by atoms with van der Waals surface area (Å²) < 4.78 is 34.4. The van der Waals surface area contributed by atoms with Crippen molar-refractivity contribution in [1.82, 2.24) is 10.4 Å². The number of hydrogen-bond acceptors (Lipinski definition) is 4. The molecule has 0 aliphatic carbocycles. The molecule has 0 radical (unpaired) electrons. The van der Waals surface area contributed by atoms with Gasteiger partial charge >= 0.3 is 10.4 Å². The third-order valence-corrected chi connectivity index (χ3v) is 1.84. The van der Waals surface area contributed by atoms with Gasteiger partial charge in [0.1, 0.15) is 0 Å². The van der Waals surface area contributed by atoms with Gasteiger partial charge in [0.05, 0.1) is 5.54 Å². The number of guanidine groups is 1. The molecule has 0 aliphatic heterocycles. The number of aliphatic imine (C=N–C) groups is 1. The standard InChI is InChI=1S/C10H23N3O4S/c1-9(2,3)11-8(12-10(4,5)6)13(7)17-18(14,15)16/h1-7H3,(H,11,12)(H,14,15,16). The van der Waals surface area contributed by atoms with Crippen LogP contribution in [-0.2, 0) is 14.7 Å². The lowest BCUT2D eigenvalue weighted by Gasteiger charge is -2.29. The fourth-order valence-corrected chi connectivity index (χ4v) is 1.36. The second kappa shape index (κ2) is 5.41. The predicted molar refractivity (Wildman–Crippen MR) is 70.5 cm³/mol. The summed E-state index contributed by atoms with van der Waals surface area (Å²) in [5.74, 6) is 0.215. The SMILES string of the molecule is CN(OS(=O)(=O)O)C(=NC(C)(C)C)NC(C)(C)C. The van der Waals surface area contributed by atoms with Crippen LogP contribution >= 0.6 is 0 Å². The van der Waals surface area contributed by atoms with Crippen LogP contribution in [0.5, 0.6) is 0 Å². The van der Waals surface area contributed by atoms with Gasteiger partial charge in [-0.2, -0.15) is 8.42 Å². The van der Waals surface area contributed by atoms with E-state index in [2.05, 4.69) is 14.6 Å². The maximum Gasteiger partial charge on any atom is 0.418 e. The average Bonchev–Trinajstić information content (AvgIpc) is 1.93. The lowest BCUT2D eigenvalue weighted by Crippen LogP contribution is -2.49. The highest BCUT2D eigenvalue weighted by Crippen LogP contribution is 2.10. The molecule has 0 rings (SSSR count). The van der Waals surface area contributed by atoms with Crippen molar-refractivity contribution in [2.24, 2.45) is 4.99 Å². The fraction of sp³-hybridized carbons (Fsp3) is 0.900. The molecular weight excluding hydrogens is 258 g/mol. The summed E-state index contributed by atoms with van der Waals surface area (Å²) in [6.07, 6.45) is 0. The van der Waals surface area contributed by atoms with Crippen molar-refractivity contribution in [3.8, 4) is 0 Å². The van der Waals surface area contributed by atoms with E-state index in [-0.39, 0.29) is 11.5 Å². The smallest absolute Gasteiger partial charge is 0.350 e. The van der Waals surface area contributed by atoms with Crippen molar-refractivity contribution in [1.29, 1.82) is 0 Å². The highest BCUT2D eigenvalue weighted by atomic mass is 32.3. The molecule has 108 valence electrons. The van der Waals surface area contributed by atoms with Crippen LogP contribution in [0.25, 0.3) is 0 Å². The van der Waals surface area contributed by atoms with E-state index in [0.717, 1.165) is 5.06 Å². The van der Waals surface area contributed by atoms with Crippen LogP contribution in [0, 0.1) is 0 Å². The van der Waals surface area contributed by atoms with Gasteiger partial charge in [0, 0.05) is 12.6 Å². The molecule has 0 saturated carbocycles. The summed E-state index contributed by atoms with van der Waals surface area (Å²) in [5, 5.41) is 3.89. The summed E-state index contributed by atoms with van der Waals surface area (Å²) in [7, 11) is -3.23. The first kappa shape index (κ1) is 17.1. The highest BCUT2D eigenvalue weighted by molar-refractivity contribution is 7.80. The summed E-state index contributed by atoms with van der Waals surface area (Å²) >= 11 is 0. The number of hydrogen-bond donors (Lipinski definition) is 2. The Bertz CT molecular complexity index is 404. The molecule has 0 fully saturated rings. The van der Waals surface area contributed by atoms with Crippen LogP contribution in [0.15, 0.2) is 4.99 Å². The second-order valence-electron chi connectivity index (χ2n) is 5.98. The molecule has 0 aromatic heterocycles. The zero-order valence-corrected chi connectivity index (χ0v) is 12.8. The maximum absolute atomic E-state index is 10.7. The minimum Gasteiger partial charge on any atom is -0.350 e. The number of nitrogens with one attached hydrogen (secondary N) is 1. The Morgan fingerprint density at radius 2 is 1.67 bits per heavy atom. The van der Waals surface area contributed by atoms with Gasteiger partial charge in [0.2, 0.25) is 5.96 Å². The largest absolute Gasteiger partial charge is 0.418 e. The highest BCUT2D eigenvalue weighted by Gasteiger charge is 2.22. The van der Waals surface area contributed by atoms with Gasteiger partial charge in [0.15, 0.2) is 0 Å². The van der Waals surface area contributed by atoms with Crippen molar-refractivity contribution in [2.75, 3.05) is 7.05 Å². The van der Waals surface area contributed by atoms with E-state index in [1.165, 1.54) is 7.05 Å². The molecule has 0 saturated heterocycles. The minimum absolute atomic E-state index is 0.215. The van der Waals surface area contributed by atoms with Crippen LogP contribution in [0.3, 0.4) is 0 Å². The molecule has 0 unspecified atom stereocenters. The molecule has 8 heteroatoms. The second-order valence-corrected chi connectivity index (χ2v) is 6.99. The Morgan fingerprint density at radius 1 is 1.22 bits per heavy atom. The molecule has 0 aromatic carbocycles. The van der Waals surface area contributed by atoms with Crippen molar-refractivity contribution >= 4 is 16.4 Å². The van der Waals surface area contributed by atoms with E-state index < -0.39 is 15.9 Å².